The van der Waals surface area contributed by atoms with Crippen molar-refractivity contribution < 1.29 is 4.79 Å². The highest BCUT2D eigenvalue weighted by atomic mass is 16.1. The Bertz CT molecular complexity index is 405. The molecule has 0 aliphatic heterocycles. The largest absolute Gasteiger partial charge is 0.349 e. The summed E-state index contributed by atoms with van der Waals surface area (Å²) < 4.78 is 0. The van der Waals surface area contributed by atoms with E-state index in [1.807, 2.05) is 0 Å². The van der Waals surface area contributed by atoms with Gasteiger partial charge in [-0.3, -0.25) is 9.78 Å². The third kappa shape index (κ3) is 3.03. The van der Waals surface area contributed by atoms with Crippen LogP contribution in [0.1, 0.15) is 42.2 Å². The molecule has 1 fully saturated rings. The molecule has 2 rings (SSSR count). The van der Waals surface area contributed by atoms with E-state index in [1.54, 1.807) is 18.3 Å². The number of nitrogens with one attached hydrogen (secondary N) is 1. The fraction of sp³-hybridized carbons (Fsp3) is 0.538. The molecule has 0 spiro atoms. The normalized spacial score (nSPS) is 23.6. The van der Waals surface area contributed by atoms with Gasteiger partial charge in [-0.2, -0.15) is 0 Å². The minimum absolute atomic E-state index is 0.0128. The lowest BCUT2D eigenvalue weighted by molar-refractivity contribution is 0.0937. The topological polar surface area (TPSA) is 68.0 Å². The van der Waals surface area contributed by atoms with Gasteiger partial charge in [0.25, 0.3) is 5.91 Å². The number of nitrogens with zero attached hydrogens (tertiary/aromatic N) is 1. The van der Waals surface area contributed by atoms with Crippen LogP contribution in [-0.4, -0.2) is 16.9 Å². The van der Waals surface area contributed by atoms with E-state index in [2.05, 4.69) is 17.2 Å². The van der Waals surface area contributed by atoms with Crippen LogP contribution in [0.15, 0.2) is 18.3 Å². The molecule has 3 N–H and O–H groups in total. The Morgan fingerprint density at radius 2 is 2.41 bits per heavy atom. The lowest BCUT2D eigenvalue weighted by Gasteiger charge is -2.12. The second kappa shape index (κ2) is 5.27. The Balaban J connectivity index is 1.99. The summed E-state index contributed by atoms with van der Waals surface area (Å²) in [7, 11) is 0. The summed E-state index contributed by atoms with van der Waals surface area (Å²) >= 11 is 0. The van der Waals surface area contributed by atoms with Crippen molar-refractivity contribution in [3.05, 3.63) is 29.6 Å². The van der Waals surface area contributed by atoms with Crippen LogP contribution in [0.3, 0.4) is 0 Å². The van der Waals surface area contributed by atoms with Gasteiger partial charge in [-0.05, 0) is 37.3 Å². The summed E-state index contributed by atoms with van der Waals surface area (Å²) in [6, 6.07) is 3.81. The van der Waals surface area contributed by atoms with Gasteiger partial charge in [0.15, 0.2) is 0 Å². The van der Waals surface area contributed by atoms with Gasteiger partial charge in [-0.25, -0.2) is 0 Å². The minimum atomic E-state index is -0.0128. The van der Waals surface area contributed by atoms with Gasteiger partial charge in [0, 0.05) is 24.3 Å². The Kier molecular flexibility index (Phi) is 3.74. The molecule has 1 aliphatic rings. The van der Waals surface area contributed by atoms with Crippen molar-refractivity contribution in [1.29, 1.82) is 0 Å². The molecule has 92 valence electrons. The first-order valence-electron chi connectivity index (χ1n) is 6.15. The number of pyridine rings is 1. The molecule has 0 radical (unpaired) electrons. The van der Waals surface area contributed by atoms with E-state index < -0.39 is 0 Å². The highest BCUT2D eigenvalue weighted by Gasteiger charge is 2.23. The minimum Gasteiger partial charge on any atom is -0.349 e. The Labute approximate surface area is 102 Å². The lowest BCUT2D eigenvalue weighted by Crippen LogP contribution is -2.33. The molecule has 0 aromatic carbocycles. The van der Waals surface area contributed by atoms with Gasteiger partial charge in [0.05, 0.1) is 5.69 Å². The molecule has 0 saturated heterocycles. The zero-order valence-corrected chi connectivity index (χ0v) is 10.1. The average Bonchev–Trinajstić information content (AvgIpc) is 2.75. The smallest absolute Gasteiger partial charge is 0.251 e. The van der Waals surface area contributed by atoms with Crippen LogP contribution in [-0.2, 0) is 6.54 Å². The van der Waals surface area contributed by atoms with E-state index in [0.29, 0.717) is 18.2 Å². The van der Waals surface area contributed by atoms with Crippen molar-refractivity contribution in [3.8, 4) is 0 Å². The number of carbonyl (C=O) groups excluding carboxylic acids is 1. The number of rotatable bonds is 3. The maximum atomic E-state index is 12.0. The van der Waals surface area contributed by atoms with Gasteiger partial charge < -0.3 is 11.1 Å². The summed E-state index contributed by atoms with van der Waals surface area (Å²) in [4.78, 5) is 16.1. The average molecular weight is 233 g/mol. The fourth-order valence-electron chi connectivity index (χ4n) is 2.34. The quantitative estimate of drug-likeness (QED) is 0.830. The summed E-state index contributed by atoms with van der Waals surface area (Å²) in [5.41, 5.74) is 6.91. The predicted molar refractivity (Wildman–Crippen MR) is 66.4 cm³/mol. The van der Waals surface area contributed by atoms with Crippen molar-refractivity contribution in [2.24, 2.45) is 11.7 Å². The van der Waals surface area contributed by atoms with Crippen LogP contribution in [0.25, 0.3) is 0 Å². The van der Waals surface area contributed by atoms with Crippen molar-refractivity contribution in [2.45, 2.75) is 38.8 Å². The van der Waals surface area contributed by atoms with Gasteiger partial charge in [0.2, 0.25) is 0 Å². The van der Waals surface area contributed by atoms with E-state index >= 15 is 0 Å². The van der Waals surface area contributed by atoms with E-state index in [0.717, 1.165) is 24.5 Å². The second-order valence-corrected chi connectivity index (χ2v) is 4.83. The Hall–Kier alpha value is -1.42. The fourth-order valence-corrected chi connectivity index (χ4v) is 2.34. The standard InChI is InChI=1S/C13H19N3O/c1-9-2-3-11(6-9)16-13(17)10-4-5-15-12(7-10)8-14/h4-5,7,9,11H,2-3,6,8,14H2,1H3,(H,16,17). The number of amides is 1. The summed E-state index contributed by atoms with van der Waals surface area (Å²) in [5.74, 6) is 0.707. The first kappa shape index (κ1) is 12.0. The molecule has 2 unspecified atom stereocenters. The molecule has 1 amide bonds. The molecular weight excluding hydrogens is 214 g/mol. The van der Waals surface area contributed by atoms with Crippen LogP contribution < -0.4 is 11.1 Å². The van der Waals surface area contributed by atoms with Crippen molar-refractivity contribution in [2.75, 3.05) is 0 Å². The Morgan fingerprint density at radius 1 is 1.59 bits per heavy atom. The van der Waals surface area contributed by atoms with Gasteiger partial charge >= 0.3 is 0 Å². The molecule has 17 heavy (non-hydrogen) atoms. The maximum Gasteiger partial charge on any atom is 0.251 e. The van der Waals surface area contributed by atoms with E-state index in [9.17, 15) is 4.79 Å². The molecular formula is C13H19N3O. The van der Waals surface area contributed by atoms with Crippen LogP contribution in [0.2, 0.25) is 0 Å². The summed E-state index contributed by atoms with van der Waals surface area (Å²) in [6.07, 6.45) is 5.01. The molecule has 1 saturated carbocycles. The van der Waals surface area contributed by atoms with Crippen molar-refractivity contribution >= 4 is 5.91 Å². The zero-order chi connectivity index (χ0) is 12.3. The first-order valence-corrected chi connectivity index (χ1v) is 6.15. The number of nitrogens with two attached hydrogens (primary N) is 1. The van der Waals surface area contributed by atoms with E-state index in [4.69, 9.17) is 5.73 Å². The van der Waals surface area contributed by atoms with Gasteiger partial charge in [-0.1, -0.05) is 6.92 Å². The predicted octanol–water partition coefficient (Wildman–Crippen LogP) is 1.46. The number of carbonyl (C=O) groups is 1. The zero-order valence-electron chi connectivity index (χ0n) is 10.1. The van der Waals surface area contributed by atoms with Crippen LogP contribution in [0, 0.1) is 5.92 Å². The molecule has 0 bridgehead atoms. The van der Waals surface area contributed by atoms with Gasteiger partial charge in [-0.15, -0.1) is 0 Å². The second-order valence-electron chi connectivity index (χ2n) is 4.83. The number of hydrogen-bond donors (Lipinski definition) is 2. The van der Waals surface area contributed by atoms with Crippen LogP contribution >= 0.6 is 0 Å². The molecule has 1 aromatic heterocycles. The SMILES string of the molecule is CC1CCC(NC(=O)c2ccnc(CN)c2)C1. The highest BCUT2D eigenvalue weighted by molar-refractivity contribution is 5.94. The number of aromatic nitrogens is 1. The molecule has 4 heteroatoms. The Morgan fingerprint density at radius 3 is 3.06 bits per heavy atom. The lowest BCUT2D eigenvalue weighted by atomic mass is 10.1. The maximum absolute atomic E-state index is 12.0. The third-order valence-electron chi connectivity index (χ3n) is 3.32. The van der Waals surface area contributed by atoms with E-state index in [1.165, 1.54) is 6.42 Å². The summed E-state index contributed by atoms with van der Waals surface area (Å²) in [6.45, 7) is 2.59. The third-order valence-corrected chi connectivity index (χ3v) is 3.32. The van der Waals surface area contributed by atoms with Crippen LogP contribution in [0.5, 0.6) is 0 Å². The molecule has 1 heterocycles. The molecule has 4 nitrogen and oxygen atoms in total. The molecule has 2 atom stereocenters. The van der Waals surface area contributed by atoms with Crippen molar-refractivity contribution in [1.82, 2.24) is 10.3 Å². The van der Waals surface area contributed by atoms with Gasteiger partial charge in [0.1, 0.15) is 0 Å². The molecule has 1 aromatic rings. The van der Waals surface area contributed by atoms with Crippen LogP contribution in [0.4, 0.5) is 0 Å². The monoisotopic (exact) mass is 233 g/mol. The number of hydrogen-bond acceptors (Lipinski definition) is 3. The first-order chi connectivity index (χ1) is 8.19. The highest BCUT2D eigenvalue weighted by Crippen LogP contribution is 2.24. The van der Waals surface area contributed by atoms with Crippen molar-refractivity contribution in [3.63, 3.8) is 0 Å². The molecule has 1 aliphatic carbocycles. The summed E-state index contributed by atoms with van der Waals surface area (Å²) in [5, 5.41) is 3.07. The van der Waals surface area contributed by atoms with E-state index in [-0.39, 0.29) is 5.91 Å².